The van der Waals surface area contributed by atoms with Crippen LogP contribution in [-0.2, 0) is 9.47 Å². The Morgan fingerprint density at radius 3 is 2.58 bits per heavy atom. The highest BCUT2D eigenvalue weighted by Crippen LogP contribution is 2.46. The van der Waals surface area contributed by atoms with Crippen LogP contribution in [0, 0.1) is 0 Å². The molecule has 1 aromatic carbocycles. The molecule has 1 heterocycles. The zero-order valence-corrected chi connectivity index (χ0v) is 11.0. The molecule has 4 heteroatoms. The maximum Gasteiger partial charge on any atom is 0.169 e. The van der Waals surface area contributed by atoms with Crippen molar-refractivity contribution in [2.45, 2.75) is 50.1 Å². The van der Waals surface area contributed by atoms with Crippen LogP contribution in [0.1, 0.15) is 43.8 Å². The number of nitrogens with two attached hydrogens (primary N) is 1. The second kappa shape index (κ2) is 5.12. The zero-order valence-electron chi connectivity index (χ0n) is 11.0. The molecule has 2 atom stereocenters. The minimum Gasteiger partial charge on any atom is -0.398 e. The smallest absolute Gasteiger partial charge is 0.169 e. The van der Waals surface area contributed by atoms with Crippen molar-refractivity contribution in [2.75, 3.05) is 12.3 Å². The predicted octanol–water partition coefficient (Wildman–Crippen LogP) is 2.38. The van der Waals surface area contributed by atoms with Gasteiger partial charge in [0.1, 0.15) is 12.2 Å². The Balaban J connectivity index is 1.87. The van der Waals surface area contributed by atoms with Gasteiger partial charge in [0.25, 0.3) is 0 Å². The van der Waals surface area contributed by atoms with E-state index < -0.39 is 5.79 Å². The fourth-order valence-corrected chi connectivity index (χ4v) is 3.17. The summed E-state index contributed by atoms with van der Waals surface area (Å²) in [7, 11) is 0. The van der Waals surface area contributed by atoms with E-state index in [9.17, 15) is 5.11 Å². The van der Waals surface area contributed by atoms with Crippen LogP contribution in [0.5, 0.6) is 0 Å². The number of ether oxygens (including phenoxy) is 2. The highest BCUT2D eigenvalue weighted by Gasteiger charge is 2.48. The average Bonchev–Trinajstić information content (AvgIpc) is 2.78. The van der Waals surface area contributed by atoms with Crippen molar-refractivity contribution in [1.29, 1.82) is 0 Å². The average molecular weight is 263 g/mol. The lowest BCUT2D eigenvalue weighted by Gasteiger charge is -2.32. The topological polar surface area (TPSA) is 64.7 Å². The first kappa shape index (κ1) is 12.9. The second-order valence-corrected chi connectivity index (χ2v) is 5.48. The van der Waals surface area contributed by atoms with Crippen molar-refractivity contribution in [2.24, 2.45) is 0 Å². The first-order valence-corrected chi connectivity index (χ1v) is 7.05. The number of anilines is 1. The zero-order chi connectivity index (χ0) is 13.3. The fraction of sp³-hybridized carbons (Fsp3) is 0.600. The molecule has 1 aromatic rings. The molecular weight excluding hydrogens is 242 g/mol. The van der Waals surface area contributed by atoms with Crippen molar-refractivity contribution in [3.05, 3.63) is 29.8 Å². The Morgan fingerprint density at radius 2 is 1.89 bits per heavy atom. The van der Waals surface area contributed by atoms with Crippen molar-refractivity contribution in [1.82, 2.24) is 0 Å². The van der Waals surface area contributed by atoms with Gasteiger partial charge in [-0.25, -0.2) is 0 Å². The lowest BCUT2D eigenvalue weighted by molar-refractivity contribution is -0.196. The van der Waals surface area contributed by atoms with Crippen LogP contribution in [0.2, 0.25) is 0 Å². The Kier molecular flexibility index (Phi) is 3.48. The van der Waals surface area contributed by atoms with E-state index in [1.165, 1.54) is 6.42 Å². The quantitative estimate of drug-likeness (QED) is 0.804. The normalized spacial score (nSPS) is 29.7. The molecule has 0 aromatic heterocycles. The van der Waals surface area contributed by atoms with Crippen LogP contribution in [0.25, 0.3) is 0 Å². The summed E-state index contributed by atoms with van der Waals surface area (Å²) in [5.41, 5.74) is 7.64. The maximum atomic E-state index is 9.56. The van der Waals surface area contributed by atoms with Gasteiger partial charge in [-0.2, -0.15) is 0 Å². The molecular formula is C15H21NO3. The molecule has 0 radical (unpaired) electrons. The van der Waals surface area contributed by atoms with E-state index in [1.54, 1.807) is 0 Å². The first-order valence-electron chi connectivity index (χ1n) is 7.05. The molecule has 1 saturated carbocycles. The number of hydrogen-bond donors (Lipinski definition) is 2. The molecule has 4 nitrogen and oxygen atoms in total. The summed E-state index contributed by atoms with van der Waals surface area (Å²) in [6.07, 6.45) is 4.72. The summed E-state index contributed by atoms with van der Waals surface area (Å²) < 4.78 is 12.2. The van der Waals surface area contributed by atoms with E-state index in [0.29, 0.717) is 5.69 Å². The third-order valence-corrected chi connectivity index (χ3v) is 4.14. The summed E-state index contributed by atoms with van der Waals surface area (Å²) >= 11 is 0. The molecule has 2 aliphatic rings. The Morgan fingerprint density at radius 1 is 1.16 bits per heavy atom. The monoisotopic (exact) mass is 263 g/mol. The number of rotatable bonds is 2. The molecule has 3 rings (SSSR count). The van der Waals surface area contributed by atoms with Gasteiger partial charge in [-0.15, -0.1) is 0 Å². The van der Waals surface area contributed by atoms with Crippen molar-refractivity contribution >= 4 is 5.69 Å². The predicted molar refractivity (Wildman–Crippen MR) is 72.5 cm³/mol. The number of benzene rings is 1. The summed E-state index contributed by atoms with van der Waals surface area (Å²) in [6, 6.07) is 7.65. The molecule has 2 fully saturated rings. The van der Waals surface area contributed by atoms with E-state index in [1.807, 2.05) is 24.3 Å². The van der Waals surface area contributed by atoms with Gasteiger partial charge in [-0.05, 0) is 18.9 Å². The molecule has 3 N–H and O–H groups in total. The van der Waals surface area contributed by atoms with Crippen molar-refractivity contribution < 1.29 is 14.6 Å². The molecule has 1 saturated heterocycles. The van der Waals surface area contributed by atoms with Crippen molar-refractivity contribution in [3.8, 4) is 0 Å². The third-order valence-electron chi connectivity index (χ3n) is 4.14. The molecule has 1 aliphatic carbocycles. The molecule has 1 spiro atoms. The van der Waals surface area contributed by atoms with Gasteiger partial charge in [-0.3, -0.25) is 0 Å². The van der Waals surface area contributed by atoms with Gasteiger partial charge in [0, 0.05) is 24.1 Å². The van der Waals surface area contributed by atoms with Crippen LogP contribution >= 0.6 is 0 Å². The minimum atomic E-state index is -0.501. The van der Waals surface area contributed by atoms with E-state index in [2.05, 4.69) is 0 Å². The third kappa shape index (κ3) is 2.36. The number of aliphatic hydroxyl groups excluding tert-OH is 1. The van der Waals surface area contributed by atoms with Crippen LogP contribution in [0.15, 0.2) is 24.3 Å². The van der Waals surface area contributed by atoms with E-state index in [4.69, 9.17) is 15.2 Å². The molecule has 1 unspecified atom stereocenters. The van der Waals surface area contributed by atoms with Gasteiger partial charge in [0.15, 0.2) is 5.79 Å². The highest BCUT2D eigenvalue weighted by atomic mass is 16.8. The second-order valence-electron chi connectivity index (χ2n) is 5.48. The minimum absolute atomic E-state index is 0.0409. The SMILES string of the molecule is Nc1ccccc1[C@@H]1OC2(CCCCC2)OC1CO. The Hall–Kier alpha value is -1.10. The number of hydrogen-bond acceptors (Lipinski definition) is 4. The largest absolute Gasteiger partial charge is 0.398 e. The molecule has 19 heavy (non-hydrogen) atoms. The number of nitrogen functional groups attached to an aromatic ring is 1. The lowest BCUT2D eigenvalue weighted by atomic mass is 9.94. The lowest BCUT2D eigenvalue weighted by Crippen LogP contribution is -2.33. The van der Waals surface area contributed by atoms with Gasteiger partial charge >= 0.3 is 0 Å². The molecule has 0 bridgehead atoms. The van der Waals surface area contributed by atoms with Crippen LogP contribution in [0.4, 0.5) is 5.69 Å². The van der Waals surface area contributed by atoms with Crippen LogP contribution < -0.4 is 5.73 Å². The molecule has 104 valence electrons. The van der Waals surface area contributed by atoms with Gasteiger partial charge in [-0.1, -0.05) is 24.6 Å². The standard InChI is InChI=1S/C15H21NO3/c16-12-7-3-2-6-11(12)14-13(10-17)18-15(19-14)8-4-1-5-9-15/h2-3,6-7,13-14,17H,1,4-5,8-10,16H2/t13?,14-/m0/s1. The van der Waals surface area contributed by atoms with Gasteiger partial charge in [0.2, 0.25) is 0 Å². The van der Waals surface area contributed by atoms with Crippen LogP contribution in [-0.4, -0.2) is 23.6 Å². The summed E-state index contributed by atoms with van der Waals surface area (Å²) in [6.45, 7) is -0.0409. The van der Waals surface area contributed by atoms with E-state index in [-0.39, 0.29) is 18.8 Å². The Bertz CT molecular complexity index is 443. The number of para-hydroxylation sites is 1. The summed E-state index contributed by atoms with van der Waals surface area (Å²) in [5, 5.41) is 9.56. The number of aliphatic hydroxyl groups is 1. The van der Waals surface area contributed by atoms with Crippen LogP contribution in [0.3, 0.4) is 0 Å². The Labute approximate surface area is 113 Å². The highest BCUT2D eigenvalue weighted by molar-refractivity contribution is 5.48. The summed E-state index contributed by atoms with van der Waals surface area (Å²) in [4.78, 5) is 0. The summed E-state index contributed by atoms with van der Waals surface area (Å²) in [5.74, 6) is -0.501. The van der Waals surface area contributed by atoms with E-state index >= 15 is 0 Å². The maximum absolute atomic E-state index is 9.56. The molecule has 1 aliphatic heterocycles. The first-order chi connectivity index (χ1) is 9.24. The van der Waals surface area contributed by atoms with E-state index in [0.717, 1.165) is 31.2 Å². The van der Waals surface area contributed by atoms with Gasteiger partial charge in [0.05, 0.1) is 6.61 Å². The molecule has 0 amide bonds. The van der Waals surface area contributed by atoms with Crippen molar-refractivity contribution in [3.63, 3.8) is 0 Å². The fourth-order valence-electron chi connectivity index (χ4n) is 3.17. The van der Waals surface area contributed by atoms with Gasteiger partial charge < -0.3 is 20.3 Å².